The monoisotopic (exact) mass is 301 g/mol. The number of hydrogen-bond donors (Lipinski definition) is 0. The fourth-order valence-electron chi connectivity index (χ4n) is 1.51. The molecule has 1 unspecified atom stereocenters. The van der Waals surface area contributed by atoms with Crippen LogP contribution in [0, 0.1) is 33.2 Å². The summed E-state index contributed by atoms with van der Waals surface area (Å²) >= 11 is 0. The maximum Gasteiger partial charge on any atom is 0.272 e. The van der Waals surface area contributed by atoms with Crippen molar-refractivity contribution in [1.82, 2.24) is 4.31 Å². The van der Waals surface area contributed by atoms with Gasteiger partial charge in [-0.25, -0.2) is 12.8 Å². The van der Waals surface area contributed by atoms with Crippen molar-refractivity contribution in [2.45, 2.75) is 11.8 Å². The number of nitriles is 1. The molecule has 1 rings (SSSR count). The van der Waals surface area contributed by atoms with Crippen LogP contribution in [0.15, 0.2) is 23.1 Å². The summed E-state index contributed by atoms with van der Waals surface area (Å²) in [6.45, 7) is 1.42. The van der Waals surface area contributed by atoms with E-state index in [2.05, 4.69) is 0 Å². The van der Waals surface area contributed by atoms with Crippen molar-refractivity contribution in [3.05, 3.63) is 34.1 Å². The Morgan fingerprint density at radius 2 is 2.15 bits per heavy atom. The highest BCUT2D eigenvalue weighted by atomic mass is 32.2. The third kappa shape index (κ3) is 3.28. The number of halogens is 1. The smallest absolute Gasteiger partial charge is 0.258 e. The summed E-state index contributed by atoms with van der Waals surface area (Å²) in [5.41, 5.74) is -0.533. The van der Waals surface area contributed by atoms with Gasteiger partial charge < -0.3 is 0 Å². The van der Waals surface area contributed by atoms with Crippen LogP contribution in [0.3, 0.4) is 0 Å². The van der Waals surface area contributed by atoms with Crippen molar-refractivity contribution in [3.63, 3.8) is 0 Å². The highest BCUT2D eigenvalue weighted by Crippen LogP contribution is 2.23. The first-order chi connectivity index (χ1) is 9.20. The number of nitro groups is 1. The van der Waals surface area contributed by atoms with Crippen LogP contribution in [-0.4, -0.2) is 31.2 Å². The average molecular weight is 301 g/mol. The summed E-state index contributed by atoms with van der Waals surface area (Å²) in [7, 11) is -2.92. The molecule has 108 valence electrons. The molecule has 1 atom stereocenters. The number of sulfonamides is 1. The van der Waals surface area contributed by atoms with Gasteiger partial charge in [0.25, 0.3) is 5.69 Å². The molecular weight excluding hydrogens is 289 g/mol. The molecule has 0 spiro atoms. The Morgan fingerprint density at radius 3 is 2.60 bits per heavy atom. The van der Waals surface area contributed by atoms with Gasteiger partial charge in [-0.3, -0.25) is 10.1 Å². The molecular formula is C11H12FN3O4S. The first-order valence-corrected chi connectivity index (χ1v) is 6.94. The predicted molar refractivity (Wildman–Crippen MR) is 67.6 cm³/mol. The van der Waals surface area contributed by atoms with E-state index < -0.39 is 37.3 Å². The predicted octanol–water partition coefficient (Wildman–Crippen LogP) is 1.51. The van der Waals surface area contributed by atoms with E-state index in [1.165, 1.54) is 14.0 Å². The van der Waals surface area contributed by atoms with Crippen LogP contribution in [0.1, 0.15) is 6.92 Å². The van der Waals surface area contributed by atoms with Crippen molar-refractivity contribution in [3.8, 4) is 6.07 Å². The van der Waals surface area contributed by atoms with E-state index in [0.717, 1.165) is 16.4 Å². The molecule has 0 amide bonds. The van der Waals surface area contributed by atoms with Gasteiger partial charge >= 0.3 is 0 Å². The Kier molecular flexibility index (Phi) is 4.75. The molecule has 1 aromatic carbocycles. The lowest BCUT2D eigenvalue weighted by molar-refractivity contribution is -0.385. The third-order valence-electron chi connectivity index (χ3n) is 2.57. The zero-order valence-corrected chi connectivity index (χ0v) is 11.6. The van der Waals surface area contributed by atoms with E-state index in [9.17, 15) is 22.9 Å². The molecule has 7 nitrogen and oxygen atoms in total. The highest BCUT2D eigenvalue weighted by Gasteiger charge is 2.27. The highest BCUT2D eigenvalue weighted by molar-refractivity contribution is 7.89. The molecule has 0 heterocycles. The van der Waals surface area contributed by atoms with Crippen LogP contribution in [0.2, 0.25) is 0 Å². The average Bonchev–Trinajstić information content (AvgIpc) is 2.37. The van der Waals surface area contributed by atoms with Crippen LogP contribution in [-0.2, 0) is 10.0 Å². The van der Waals surface area contributed by atoms with Crippen molar-refractivity contribution < 1.29 is 17.7 Å². The van der Waals surface area contributed by atoms with Crippen LogP contribution >= 0.6 is 0 Å². The normalized spacial score (nSPS) is 12.9. The number of hydrogen-bond acceptors (Lipinski definition) is 5. The molecule has 0 N–H and O–H groups in total. The molecule has 1 aromatic rings. The van der Waals surface area contributed by atoms with E-state index in [0.29, 0.717) is 6.07 Å². The quantitative estimate of drug-likeness (QED) is 0.605. The second kappa shape index (κ2) is 5.94. The third-order valence-corrected chi connectivity index (χ3v) is 4.42. The van der Waals surface area contributed by atoms with Crippen molar-refractivity contribution in [1.29, 1.82) is 5.26 Å². The standard InChI is InChI=1S/C11H12FN3O4S/c1-8(6-13)7-14(2)20(18,19)11-4-3-9(15(16)17)5-10(11)12/h3-5,8H,7H2,1-2H3. The van der Waals surface area contributed by atoms with E-state index in [1.54, 1.807) is 0 Å². The topological polar surface area (TPSA) is 104 Å². The molecule has 0 saturated heterocycles. The van der Waals surface area contributed by atoms with Gasteiger partial charge in [0.2, 0.25) is 10.0 Å². The van der Waals surface area contributed by atoms with Crippen LogP contribution in [0.4, 0.5) is 10.1 Å². The van der Waals surface area contributed by atoms with E-state index in [-0.39, 0.29) is 6.54 Å². The zero-order chi connectivity index (χ0) is 15.5. The first-order valence-electron chi connectivity index (χ1n) is 5.50. The molecule has 9 heteroatoms. The Morgan fingerprint density at radius 1 is 1.55 bits per heavy atom. The Bertz CT molecular complexity index is 669. The van der Waals surface area contributed by atoms with Crippen molar-refractivity contribution in [2.24, 2.45) is 5.92 Å². The van der Waals surface area contributed by atoms with Gasteiger partial charge in [-0.1, -0.05) is 0 Å². The van der Waals surface area contributed by atoms with Gasteiger partial charge in [-0.05, 0) is 13.0 Å². The minimum atomic E-state index is -4.13. The summed E-state index contributed by atoms with van der Waals surface area (Å²) in [5.74, 6) is -1.76. The van der Waals surface area contributed by atoms with Crippen molar-refractivity contribution >= 4 is 15.7 Å². The molecule has 0 aliphatic heterocycles. The molecule has 0 aromatic heterocycles. The van der Waals surface area contributed by atoms with Crippen LogP contribution < -0.4 is 0 Å². The van der Waals surface area contributed by atoms with E-state index in [1.807, 2.05) is 6.07 Å². The molecule has 0 aliphatic carbocycles. The second-order valence-electron chi connectivity index (χ2n) is 4.19. The molecule has 0 aliphatic rings. The molecule has 0 bridgehead atoms. The molecule has 0 radical (unpaired) electrons. The van der Waals surface area contributed by atoms with Crippen molar-refractivity contribution in [2.75, 3.05) is 13.6 Å². The SMILES string of the molecule is CC(C#N)CN(C)S(=O)(=O)c1ccc([N+](=O)[O-])cc1F. The fraction of sp³-hybridized carbons (Fsp3) is 0.364. The zero-order valence-electron chi connectivity index (χ0n) is 10.8. The maximum absolute atomic E-state index is 13.7. The largest absolute Gasteiger partial charge is 0.272 e. The lowest BCUT2D eigenvalue weighted by Crippen LogP contribution is -2.31. The lowest BCUT2D eigenvalue weighted by Gasteiger charge is -2.18. The number of rotatable bonds is 5. The van der Waals surface area contributed by atoms with Gasteiger partial charge in [-0.2, -0.15) is 9.57 Å². The van der Waals surface area contributed by atoms with Crippen LogP contribution in [0.5, 0.6) is 0 Å². The Hall–Kier alpha value is -2.05. The number of non-ortho nitro benzene ring substituents is 1. The summed E-state index contributed by atoms with van der Waals surface area (Å²) in [6.07, 6.45) is 0. The van der Waals surface area contributed by atoms with E-state index in [4.69, 9.17) is 5.26 Å². The second-order valence-corrected chi connectivity index (χ2v) is 6.20. The number of benzene rings is 1. The summed E-state index contributed by atoms with van der Waals surface area (Å²) in [5, 5.41) is 19.1. The first kappa shape index (κ1) is 16.0. The molecule has 0 fully saturated rings. The fourth-order valence-corrected chi connectivity index (χ4v) is 2.81. The summed E-state index contributed by atoms with van der Waals surface area (Å²) in [4.78, 5) is 9.00. The summed E-state index contributed by atoms with van der Waals surface area (Å²) in [6, 6.07) is 4.18. The molecule has 0 saturated carbocycles. The van der Waals surface area contributed by atoms with Gasteiger partial charge in [-0.15, -0.1) is 0 Å². The van der Waals surface area contributed by atoms with Crippen LogP contribution in [0.25, 0.3) is 0 Å². The number of nitrogens with zero attached hydrogens (tertiary/aromatic N) is 3. The van der Waals surface area contributed by atoms with Gasteiger partial charge in [0.15, 0.2) is 0 Å². The Labute approximate surface area is 115 Å². The van der Waals surface area contributed by atoms with E-state index >= 15 is 0 Å². The minimum Gasteiger partial charge on any atom is -0.258 e. The van der Waals surface area contributed by atoms with Gasteiger partial charge in [0.05, 0.1) is 23.0 Å². The minimum absolute atomic E-state index is 0.102. The van der Waals surface area contributed by atoms with Gasteiger partial charge in [0, 0.05) is 19.7 Å². The Balaban J connectivity index is 3.17. The number of nitro benzene ring substituents is 1. The van der Waals surface area contributed by atoms with Gasteiger partial charge in [0.1, 0.15) is 10.7 Å². The summed E-state index contributed by atoms with van der Waals surface area (Å²) < 4.78 is 38.7. The molecule has 20 heavy (non-hydrogen) atoms. The maximum atomic E-state index is 13.7. The lowest BCUT2D eigenvalue weighted by atomic mass is 10.2.